The van der Waals surface area contributed by atoms with Gasteiger partial charge in [-0.2, -0.15) is 84.4 Å². The Labute approximate surface area is 904 Å². The van der Waals surface area contributed by atoms with Crippen molar-refractivity contribution in [3.05, 3.63) is 427 Å². The van der Waals surface area contributed by atoms with Crippen LogP contribution in [0.15, 0.2) is 351 Å². The van der Waals surface area contributed by atoms with E-state index in [1.165, 1.54) is 186 Å². The van der Waals surface area contributed by atoms with Crippen molar-refractivity contribution in [2.75, 3.05) is 0 Å². The van der Waals surface area contributed by atoms with Gasteiger partial charge in [0.2, 0.25) is 0 Å². The molecule has 0 amide bonds. The van der Waals surface area contributed by atoms with Crippen molar-refractivity contribution < 1.29 is 163 Å². The summed E-state index contributed by atoms with van der Waals surface area (Å²) in [5.41, 5.74) is 18.3. The van der Waals surface area contributed by atoms with Gasteiger partial charge in [0.05, 0.1) is 68.6 Å². The van der Waals surface area contributed by atoms with E-state index < -0.39 is 11.6 Å². The molecule has 0 fully saturated rings. The number of aryl methyl sites for hydroxylation is 2. The van der Waals surface area contributed by atoms with Gasteiger partial charge in [-0.15, -0.1) is 42.0 Å². The first-order chi connectivity index (χ1) is 67.4. The van der Waals surface area contributed by atoms with E-state index in [4.69, 9.17) is 32.1 Å². The number of para-hydroxylation sites is 5. The normalized spacial score (nSPS) is 11.3. The van der Waals surface area contributed by atoms with E-state index in [1.807, 2.05) is 138 Å². The predicted molar refractivity (Wildman–Crippen MR) is 550 cm³/mol. The van der Waals surface area contributed by atoms with Crippen molar-refractivity contribution in [3.8, 4) is 28.4 Å². The molecule has 0 spiro atoms. The fourth-order valence-corrected chi connectivity index (χ4v) is 16.0. The number of ketones is 5. The Morgan fingerprint density at radius 2 is 0.655 bits per heavy atom. The van der Waals surface area contributed by atoms with Crippen LogP contribution in [0.4, 0.5) is 18.9 Å². The molecule has 21 nitrogen and oxygen atoms in total. The van der Waals surface area contributed by atoms with Gasteiger partial charge in [0, 0.05) is 233 Å². The maximum Gasteiger partial charge on any atom is 0.155 e. The maximum absolute atomic E-state index is 14.1. The molecule has 10 aromatic carbocycles. The summed E-state index contributed by atoms with van der Waals surface area (Å²) in [5.74, 6) is -1.90. The van der Waals surface area contributed by atoms with Crippen LogP contribution in [0.25, 0.3) is 143 Å². The van der Waals surface area contributed by atoms with Gasteiger partial charge in [-0.05, 0) is 178 Å². The van der Waals surface area contributed by atoms with E-state index in [9.17, 15) is 37.1 Å². The zero-order chi connectivity index (χ0) is 100. The van der Waals surface area contributed by atoms with Crippen molar-refractivity contribution in [1.82, 2.24) is 47.8 Å². The van der Waals surface area contributed by atoms with Crippen LogP contribution in [0.2, 0.25) is 0 Å². The molecule has 1 aliphatic rings. The minimum Gasteiger partial charge on any atom is -0.512 e. The number of aliphatic hydroxyl groups is 5. The van der Waals surface area contributed by atoms with Gasteiger partial charge in [-0.25, -0.2) is 29.3 Å². The Hall–Kier alpha value is -14.5. The number of aliphatic hydroxyl groups excluding tert-OH is 5. The summed E-state index contributed by atoms with van der Waals surface area (Å²) in [6.07, 6.45) is 19.6. The largest absolute Gasteiger partial charge is 0.512 e. The van der Waals surface area contributed by atoms with Gasteiger partial charge in [0.15, 0.2) is 28.9 Å². The van der Waals surface area contributed by atoms with Crippen LogP contribution < -0.4 is 0 Å². The number of nitrogens with zero attached hydrogens (tertiary/aromatic N) is 11. The van der Waals surface area contributed by atoms with Gasteiger partial charge in [0.25, 0.3) is 0 Å². The first-order valence-corrected chi connectivity index (χ1v) is 44.5. The Morgan fingerprint density at radius 1 is 0.324 bits per heavy atom. The molecular weight excluding hydrogens is 2730 g/mol. The number of hydrogen-bond donors (Lipinski definition) is 5. The van der Waals surface area contributed by atoms with E-state index in [0.717, 1.165) is 101 Å². The molecule has 0 atom stereocenters. The molecular formula is C116H99F3Ir5N11O10-5. The van der Waals surface area contributed by atoms with Crippen LogP contribution in [-0.4, -0.2) is 102 Å². The number of benzene rings is 10. The maximum atomic E-state index is 14.1. The number of fused-ring (bicyclic) bond motifs is 16. The molecule has 0 unspecified atom stereocenters. The number of allylic oxidation sites excluding steroid dienone is 10. The van der Waals surface area contributed by atoms with Gasteiger partial charge in [-0.3, -0.25) is 37.6 Å². The first-order valence-electron chi connectivity index (χ1n) is 44.5. The summed E-state index contributed by atoms with van der Waals surface area (Å²) in [6, 6.07) is 98.9. The molecule has 0 aliphatic heterocycles. The van der Waals surface area contributed by atoms with Crippen molar-refractivity contribution in [2.45, 2.75) is 102 Å². The van der Waals surface area contributed by atoms with Crippen molar-refractivity contribution in [2.24, 2.45) is 0 Å². The van der Waals surface area contributed by atoms with Gasteiger partial charge < -0.3 is 48.4 Å². The number of rotatable bonds is 10. The van der Waals surface area contributed by atoms with Crippen LogP contribution >= 0.6 is 0 Å². The van der Waals surface area contributed by atoms with E-state index in [2.05, 4.69) is 178 Å². The summed E-state index contributed by atoms with van der Waals surface area (Å²) in [4.78, 5) is 76.1. The molecule has 5 N–H and O–H groups in total. The molecule has 29 heteroatoms. The second-order valence-electron chi connectivity index (χ2n) is 32.4. The fraction of sp³-hybridized carbons (Fsp3) is 0.129. The summed E-state index contributed by atoms with van der Waals surface area (Å²) >= 11 is 0. The van der Waals surface area contributed by atoms with Crippen LogP contribution in [0, 0.1) is 61.3 Å². The summed E-state index contributed by atoms with van der Waals surface area (Å²) < 4.78 is 50.9. The molecule has 21 rings (SSSR count). The summed E-state index contributed by atoms with van der Waals surface area (Å²) in [7, 11) is 0. The SMILES string of the molecule is CC(=O)C=C(C)O.CC(=O)C=C(C)O.CC(=O)C=C(C)O.CC(=O)C=C(C)O.CC(=O)C=C(C)O.Cc1ccc2c3cccnc3n(-c3[c-]cccc3)c2c1.Fc1c[c-]c(-n2c3ccccc3c3cccnc32)c(F)c1.Fc1cc[c-]c(-n2c3ccccc3c3cccnc32)c1.[C-]#[N+]c1cc[c-]c(-n2c3ccccc3c3cccnc32)c1.[Ir].[Ir].[Ir].[Ir].[Ir].[c-]1ccc2c(c1-n1c3ccccc3c3cccnc31)CCCC2. The number of aromatic nitrogens is 10. The monoisotopic (exact) mass is 2830 g/mol. The molecule has 1 aliphatic carbocycles. The number of hydrogen-bond acceptors (Lipinski definition) is 15. The Balaban J connectivity index is 0.000000225. The standard InChI is InChI=1S/C21H17N2.C18H10N3.C18H13N2.C17H9F2N2.C17H10FN2.5C5H8O2.5Ir/c1-2-9-16-15(7-1)8-5-13-19(16)23-20-12-4-3-10-17(20)18-11-6-14-22-21(18)23;1-19-13-6-4-7-14(12-13)21-17-10-3-2-8-15(17)16-9-5-11-20-18(16)21;1-13-9-10-15-16-8-5-11-19-18(16)20(17(15)12-13)14-6-3-2-4-7-14;18-11-7-8-16(14(19)10-11)21-15-6-2-1-4-12(15)13-5-3-9-20-17(13)21;18-12-5-3-6-13(11-12)20-16-9-2-1-7-14(16)15-8-4-10-19-17(15)20;5*1-4(6)3-5(2)7;;;;;/h3-6,8,10-12,14H,1-2,7,9H2;2-6,8-12H;2-6,8-12H,1H3;1-7,9-10H;1-5,7-11H;5*3,6H,1-2H3;;;;;/q5*-1;;;;;;;;;;. The van der Waals surface area contributed by atoms with Crippen molar-refractivity contribution >= 4 is 144 Å². The number of carbonyl (C=O) groups excluding carboxylic acids is 5. The second-order valence-corrected chi connectivity index (χ2v) is 32.4. The summed E-state index contributed by atoms with van der Waals surface area (Å²) in [6.45, 7) is 23.5. The van der Waals surface area contributed by atoms with E-state index in [1.54, 1.807) is 41.4 Å². The number of halogens is 3. The molecule has 10 aromatic heterocycles. The van der Waals surface area contributed by atoms with E-state index in [0.29, 0.717) is 17.0 Å². The van der Waals surface area contributed by atoms with Crippen LogP contribution in [-0.2, 0) is 137 Å². The Kier molecular flexibility index (Phi) is 45.8. The van der Waals surface area contributed by atoms with Gasteiger partial charge >= 0.3 is 0 Å². The van der Waals surface area contributed by atoms with Gasteiger partial charge in [0.1, 0.15) is 28.2 Å². The first kappa shape index (κ1) is 117. The molecule has 0 bridgehead atoms. The van der Waals surface area contributed by atoms with E-state index >= 15 is 0 Å². The number of pyridine rings is 5. The average molecular weight is 2830 g/mol. The molecule has 20 aromatic rings. The third-order valence-corrected chi connectivity index (χ3v) is 21.1. The molecule has 10 heterocycles. The quantitative estimate of drug-likeness (QED) is 0.0483. The molecule has 145 heavy (non-hydrogen) atoms. The van der Waals surface area contributed by atoms with Crippen LogP contribution in [0.5, 0.6) is 0 Å². The smallest absolute Gasteiger partial charge is 0.155 e. The molecule has 5 radical (unpaired) electrons. The zero-order valence-electron chi connectivity index (χ0n) is 80.4. The van der Waals surface area contributed by atoms with Crippen LogP contribution in [0.3, 0.4) is 0 Å². The molecule has 0 saturated carbocycles. The third-order valence-electron chi connectivity index (χ3n) is 21.1. The third kappa shape index (κ3) is 30.8. The van der Waals surface area contributed by atoms with Crippen molar-refractivity contribution in [1.29, 1.82) is 0 Å². The minimum atomic E-state index is -0.664. The Bertz CT molecular complexity index is 7790. The summed E-state index contributed by atoms with van der Waals surface area (Å²) in [5, 5.41) is 53.0. The average Bonchev–Trinajstić information content (AvgIpc) is 1.59. The topological polar surface area (TPSA) is 280 Å². The second kappa shape index (κ2) is 56.5. The van der Waals surface area contributed by atoms with Crippen molar-refractivity contribution in [3.63, 3.8) is 0 Å². The Morgan fingerprint density at radius 3 is 1.02 bits per heavy atom. The zero-order valence-corrected chi connectivity index (χ0v) is 92.4. The minimum absolute atomic E-state index is 0. The number of carbonyl (C=O) groups is 5. The molecule has 0 saturated heterocycles. The van der Waals surface area contributed by atoms with E-state index in [-0.39, 0.29) is 170 Å². The van der Waals surface area contributed by atoms with Gasteiger partial charge in [-0.1, -0.05) is 133 Å². The fourth-order valence-electron chi connectivity index (χ4n) is 16.0. The van der Waals surface area contributed by atoms with Crippen LogP contribution in [0.1, 0.15) is 98.8 Å². The molecule has 749 valence electrons. The predicted octanol–water partition coefficient (Wildman–Crippen LogP) is 27.2.